The van der Waals surface area contributed by atoms with Gasteiger partial charge in [-0.25, -0.2) is 0 Å². The number of carbonyl (C=O) groups excluding carboxylic acids is 1. The number of amides is 1. The molecule has 0 saturated carbocycles. The number of nitrogens with zero attached hydrogens (tertiary/aromatic N) is 1. The molecule has 0 unspecified atom stereocenters. The Kier molecular flexibility index (Phi) is 5.39. The van der Waals surface area contributed by atoms with Crippen LogP contribution in [-0.2, 0) is 4.79 Å². The molecule has 0 aliphatic carbocycles. The minimum Gasteiger partial charge on any atom is -0.355 e. The first-order valence-electron chi connectivity index (χ1n) is 4.88. The van der Waals surface area contributed by atoms with E-state index in [1.807, 2.05) is 0 Å². The summed E-state index contributed by atoms with van der Waals surface area (Å²) < 4.78 is 0. The zero-order chi connectivity index (χ0) is 9.52. The molecule has 13 heavy (non-hydrogen) atoms. The molecule has 0 bridgehead atoms. The Morgan fingerprint density at radius 3 is 2.69 bits per heavy atom. The number of hydrogen-bond acceptors (Lipinski definition) is 2. The van der Waals surface area contributed by atoms with Crippen LogP contribution in [0.2, 0.25) is 0 Å². The zero-order valence-corrected chi connectivity index (χ0v) is 9.48. The Hall–Kier alpha value is -0.0900. The van der Waals surface area contributed by atoms with Crippen LogP contribution in [-0.4, -0.2) is 42.3 Å². The summed E-state index contributed by atoms with van der Waals surface area (Å²) in [4.78, 5) is 13.3. The number of nitrogens with one attached hydrogen (secondary N) is 1. The molecule has 0 aromatic rings. The highest BCUT2D eigenvalue weighted by Gasteiger charge is 2.10. The van der Waals surface area contributed by atoms with E-state index in [0.29, 0.717) is 5.33 Å². The lowest BCUT2D eigenvalue weighted by Gasteiger charge is -2.13. The van der Waals surface area contributed by atoms with Gasteiger partial charge >= 0.3 is 0 Å². The SMILES string of the molecule is O=C(CBr)NCCCN1CCCC1. The first-order chi connectivity index (χ1) is 6.33. The van der Waals surface area contributed by atoms with E-state index in [1.165, 1.54) is 25.9 Å². The molecule has 0 spiro atoms. The molecule has 1 aliphatic heterocycles. The van der Waals surface area contributed by atoms with Crippen molar-refractivity contribution < 1.29 is 4.79 Å². The molecule has 1 heterocycles. The Labute approximate surface area is 88.0 Å². The molecule has 1 rings (SSSR count). The number of hydrogen-bond donors (Lipinski definition) is 1. The Morgan fingerprint density at radius 2 is 2.08 bits per heavy atom. The van der Waals surface area contributed by atoms with Gasteiger partial charge in [-0.1, -0.05) is 15.9 Å². The van der Waals surface area contributed by atoms with Crippen molar-refractivity contribution in [3.05, 3.63) is 0 Å². The fourth-order valence-corrected chi connectivity index (χ4v) is 1.78. The Balaban J connectivity index is 1.91. The molecule has 1 saturated heterocycles. The van der Waals surface area contributed by atoms with Crippen LogP contribution in [0.3, 0.4) is 0 Å². The summed E-state index contributed by atoms with van der Waals surface area (Å²) in [5.41, 5.74) is 0. The van der Waals surface area contributed by atoms with Crippen molar-refractivity contribution in [2.45, 2.75) is 19.3 Å². The number of rotatable bonds is 5. The number of alkyl halides is 1. The van der Waals surface area contributed by atoms with Crippen molar-refractivity contribution in [1.82, 2.24) is 10.2 Å². The van der Waals surface area contributed by atoms with Gasteiger partial charge in [0, 0.05) is 6.54 Å². The summed E-state index contributed by atoms with van der Waals surface area (Å²) in [6.07, 6.45) is 3.75. The molecule has 0 atom stereocenters. The number of carbonyl (C=O) groups is 1. The summed E-state index contributed by atoms with van der Waals surface area (Å²) in [6.45, 7) is 4.42. The van der Waals surface area contributed by atoms with Crippen molar-refractivity contribution in [3.8, 4) is 0 Å². The van der Waals surface area contributed by atoms with Gasteiger partial charge < -0.3 is 10.2 Å². The molecular weight excluding hydrogens is 232 g/mol. The van der Waals surface area contributed by atoms with Crippen LogP contribution in [0.5, 0.6) is 0 Å². The van der Waals surface area contributed by atoms with Gasteiger partial charge in [0.05, 0.1) is 5.33 Å². The molecule has 0 aromatic carbocycles. The fourth-order valence-electron chi connectivity index (χ4n) is 1.58. The lowest BCUT2D eigenvalue weighted by Crippen LogP contribution is -2.29. The van der Waals surface area contributed by atoms with Crippen LogP contribution in [0.25, 0.3) is 0 Å². The minimum absolute atomic E-state index is 0.0846. The van der Waals surface area contributed by atoms with Crippen LogP contribution in [0, 0.1) is 0 Å². The van der Waals surface area contributed by atoms with Crippen molar-refractivity contribution in [2.75, 3.05) is 31.5 Å². The van der Waals surface area contributed by atoms with Gasteiger partial charge in [-0.15, -0.1) is 0 Å². The lowest BCUT2D eigenvalue weighted by molar-refractivity contribution is -0.118. The maximum absolute atomic E-state index is 10.8. The third-order valence-electron chi connectivity index (χ3n) is 2.29. The van der Waals surface area contributed by atoms with Gasteiger partial charge in [0.2, 0.25) is 5.91 Å². The van der Waals surface area contributed by atoms with E-state index in [4.69, 9.17) is 0 Å². The number of halogens is 1. The highest BCUT2D eigenvalue weighted by Crippen LogP contribution is 2.06. The molecule has 1 amide bonds. The minimum atomic E-state index is 0.0846. The largest absolute Gasteiger partial charge is 0.355 e. The highest BCUT2D eigenvalue weighted by atomic mass is 79.9. The predicted molar refractivity (Wildman–Crippen MR) is 57.1 cm³/mol. The smallest absolute Gasteiger partial charge is 0.230 e. The summed E-state index contributed by atoms with van der Waals surface area (Å²) in [7, 11) is 0. The average molecular weight is 249 g/mol. The average Bonchev–Trinajstić information content (AvgIpc) is 2.64. The zero-order valence-electron chi connectivity index (χ0n) is 7.89. The van der Waals surface area contributed by atoms with Crippen LogP contribution in [0.15, 0.2) is 0 Å². The van der Waals surface area contributed by atoms with Gasteiger partial charge in [-0.3, -0.25) is 4.79 Å². The molecule has 0 radical (unpaired) electrons. The van der Waals surface area contributed by atoms with Crippen LogP contribution < -0.4 is 5.32 Å². The van der Waals surface area contributed by atoms with E-state index < -0.39 is 0 Å². The third kappa shape index (κ3) is 4.62. The standard InChI is InChI=1S/C9H17BrN2O/c10-8-9(13)11-4-3-7-12-5-1-2-6-12/h1-8H2,(H,11,13). The van der Waals surface area contributed by atoms with Gasteiger partial charge in [0.1, 0.15) is 0 Å². The summed E-state index contributed by atoms with van der Waals surface area (Å²) >= 11 is 3.11. The molecule has 1 aliphatic rings. The molecule has 1 fully saturated rings. The summed E-state index contributed by atoms with van der Waals surface area (Å²) in [6, 6.07) is 0. The van der Waals surface area contributed by atoms with E-state index in [9.17, 15) is 4.79 Å². The van der Waals surface area contributed by atoms with Crippen LogP contribution in [0.1, 0.15) is 19.3 Å². The summed E-state index contributed by atoms with van der Waals surface area (Å²) in [5.74, 6) is 0.0846. The fraction of sp³-hybridized carbons (Fsp3) is 0.889. The topological polar surface area (TPSA) is 32.3 Å². The maximum Gasteiger partial charge on any atom is 0.230 e. The monoisotopic (exact) mass is 248 g/mol. The second kappa shape index (κ2) is 6.38. The quantitative estimate of drug-likeness (QED) is 0.582. The molecule has 4 heteroatoms. The summed E-state index contributed by atoms with van der Waals surface area (Å²) in [5, 5.41) is 3.26. The maximum atomic E-state index is 10.8. The second-order valence-corrected chi connectivity index (χ2v) is 3.95. The number of likely N-dealkylation sites (tertiary alicyclic amines) is 1. The van der Waals surface area contributed by atoms with Gasteiger partial charge in [0.15, 0.2) is 0 Å². The molecule has 76 valence electrons. The lowest BCUT2D eigenvalue weighted by atomic mass is 10.4. The van der Waals surface area contributed by atoms with Crippen LogP contribution in [0.4, 0.5) is 0 Å². The Bertz CT molecular complexity index is 158. The van der Waals surface area contributed by atoms with Crippen LogP contribution >= 0.6 is 15.9 Å². The van der Waals surface area contributed by atoms with Crippen molar-refractivity contribution in [2.24, 2.45) is 0 Å². The first-order valence-corrected chi connectivity index (χ1v) is 6.00. The highest BCUT2D eigenvalue weighted by molar-refractivity contribution is 9.09. The van der Waals surface area contributed by atoms with E-state index >= 15 is 0 Å². The molecule has 1 N–H and O–H groups in total. The van der Waals surface area contributed by atoms with E-state index in [2.05, 4.69) is 26.1 Å². The predicted octanol–water partition coefficient (Wildman–Crippen LogP) is 0.983. The molecule has 3 nitrogen and oxygen atoms in total. The van der Waals surface area contributed by atoms with Crippen molar-refractivity contribution in [1.29, 1.82) is 0 Å². The normalized spacial score (nSPS) is 17.6. The van der Waals surface area contributed by atoms with E-state index in [1.54, 1.807) is 0 Å². The molecule has 0 aromatic heterocycles. The Morgan fingerprint density at radius 1 is 1.38 bits per heavy atom. The van der Waals surface area contributed by atoms with Crippen molar-refractivity contribution >= 4 is 21.8 Å². The first kappa shape index (κ1) is 11.0. The van der Waals surface area contributed by atoms with E-state index in [-0.39, 0.29) is 5.91 Å². The third-order valence-corrected chi connectivity index (χ3v) is 2.80. The van der Waals surface area contributed by atoms with E-state index in [0.717, 1.165) is 19.5 Å². The molecular formula is C9H17BrN2O. The van der Waals surface area contributed by atoms with Gasteiger partial charge in [-0.2, -0.15) is 0 Å². The van der Waals surface area contributed by atoms with Gasteiger partial charge in [0.25, 0.3) is 0 Å². The van der Waals surface area contributed by atoms with Crippen molar-refractivity contribution in [3.63, 3.8) is 0 Å². The van der Waals surface area contributed by atoms with Gasteiger partial charge in [-0.05, 0) is 38.9 Å². The second-order valence-electron chi connectivity index (χ2n) is 3.39.